The van der Waals surface area contributed by atoms with Gasteiger partial charge < -0.3 is 0 Å². The second-order valence-corrected chi connectivity index (χ2v) is 6.96. The lowest BCUT2D eigenvalue weighted by atomic mass is 9.81. The molecule has 0 aliphatic heterocycles. The van der Waals surface area contributed by atoms with Crippen molar-refractivity contribution in [2.24, 2.45) is 5.92 Å². The Balaban J connectivity index is 1.65. The van der Waals surface area contributed by atoms with Gasteiger partial charge in [0.15, 0.2) is 0 Å². The van der Waals surface area contributed by atoms with Crippen molar-refractivity contribution in [3.8, 4) is 11.1 Å². The third-order valence-corrected chi connectivity index (χ3v) is 5.13. The highest BCUT2D eigenvalue weighted by Gasteiger charge is 2.22. The van der Waals surface area contributed by atoms with Crippen molar-refractivity contribution in [2.75, 3.05) is 0 Å². The van der Waals surface area contributed by atoms with E-state index in [1.54, 1.807) is 5.54 Å². The summed E-state index contributed by atoms with van der Waals surface area (Å²) in [7, 11) is 0. The molecule has 0 unspecified atom stereocenters. The Bertz CT molecular complexity index is 653. The molecule has 0 saturated heterocycles. The fourth-order valence-electron chi connectivity index (χ4n) is 3.52. The maximum Gasteiger partial charge on any atom is 0.131 e. The van der Waals surface area contributed by atoms with Gasteiger partial charge in [0.1, 0.15) is 5.82 Å². The molecule has 0 bridgehead atoms. The molecule has 1 aliphatic rings. The zero-order valence-electron chi connectivity index (χ0n) is 14.3. The fraction of sp³-hybridized carbons (Fsp3) is 0.429. The number of allylic oxidation sites excluding steroid dienone is 1. The summed E-state index contributed by atoms with van der Waals surface area (Å²) in [6.45, 7) is 2.21. The van der Waals surface area contributed by atoms with Crippen LogP contribution in [-0.4, -0.2) is 9.97 Å². The van der Waals surface area contributed by atoms with Gasteiger partial charge in [0.05, 0.1) is 0 Å². The van der Waals surface area contributed by atoms with Crippen LogP contribution in [0.15, 0.2) is 48.3 Å². The number of hydrogen-bond acceptors (Lipinski definition) is 2. The lowest BCUT2D eigenvalue weighted by Crippen LogP contribution is -2.13. The molecule has 1 heterocycles. The van der Waals surface area contributed by atoms with E-state index in [0.29, 0.717) is 11.8 Å². The number of aryl methyl sites for hydroxylation is 1. The molecule has 0 atom stereocenters. The van der Waals surface area contributed by atoms with Gasteiger partial charge in [-0.25, -0.2) is 9.97 Å². The minimum Gasteiger partial charge on any atom is -0.240 e. The van der Waals surface area contributed by atoms with E-state index in [2.05, 4.69) is 47.2 Å². The second kappa shape index (κ2) is 8.43. The van der Waals surface area contributed by atoms with Gasteiger partial charge in [-0.1, -0.05) is 55.3 Å². The summed E-state index contributed by atoms with van der Waals surface area (Å²) in [4.78, 5) is 9.31. The number of halogens is 1. The molecule has 0 spiro atoms. The molecule has 3 heteroatoms. The molecule has 1 aromatic heterocycles. The van der Waals surface area contributed by atoms with Crippen LogP contribution in [0, 0.1) is 5.92 Å². The lowest BCUT2D eigenvalue weighted by molar-refractivity contribution is 0.366. The van der Waals surface area contributed by atoms with E-state index < -0.39 is 0 Å². The highest BCUT2D eigenvalue weighted by molar-refractivity contribution is 6.25. The van der Waals surface area contributed by atoms with Crippen molar-refractivity contribution in [1.29, 1.82) is 0 Å². The number of nitrogens with zero attached hydrogens (tertiary/aromatic N) is 2. The highest BCUT2D eigenvalue weighted by atomic mass is 35.5. The van der Waals surface area contributed by atoms with Gasteiger partial charge in [-0.2, -0.15) is 0 Å². The van der Waals surface area contributed by atoms with Crippen LogP contribution in [0.1, 0.15) is 56.3 Å². The van der Waals surface area contributed by atoms with Crippen LogP contribution in [0.3, 0.4) is 0 Å². The van der Waals surface area contributed by atoms with Gasteiger partial charge in [0, 0.05) is 29.4 Å². The van der Waals surface area contributed by atoms with E-state index in [-0.39, 0.29) is 0 Å². The van der Waals surface area contributed by atoms with Gasteiger partial charge in [0.25, 0.3) is 0 Å². The molecule has 24 heavy (non-hydrogen) atoms. The molecule has 0 radical (unpaired) electrons. The van der Waals surface area contributed by atoms with E-state index in [1.807, 2.05) is 12.4 Å². The Kier molecular flexibility index (Phi) is 6.03. The summed E-state index contributed by atoms with van der Waals surface area (Å²) in [6, 6.07) is 8.76. The summed E-state index contributed by atoms with van der Waals surface area (Å²) in [5, 5.41) is 0. The largest absolute Gasteiger partial charge is 0.240 e. The van der Waals surface area contributed by atoms with Crippen molar-refractivity contribution < 1.29 is 0 Å². The zero-order valence-corrected chi connectivity index (χ0v) is 15.0. The molecule has 0 amide bonds. The SMILES string of the molecule is CCCc1ccc(-c2cnc([C@H]3CC[C@H](/C=C/Cl)CC3)nc2)cc1. The predicted octanol–water partition coefficient (Wildman–Crippen LogP) is 6.12. The van der Waals surface area contributed by atoms with Gasteiger partial charge in [-0.05, 0) is 49.1 Å². The minimum absolute atomic E-state index is 0.492. The van der Waals surface area contributed by atoms with Crippen LogP contribution >= 0.6 is 11.6 Å². The monoisotopic (exact) mass is 340 g/mol. The Morgan fingerprint density at radius 2 is 1.67 bits per heavy atom. The highest BCUT2D eigenvalue weighted by Crippen LogP contribution is 2.35. The first-order chi connectivity index (χ1) is 11.8. The first-order valence-corrected chi connectivity index (χ1v) is 9.42. The maximum atomic E-state index is 5.69. The Morgan fingerprint density at radius 1 is 1.00 bits per heavy atom. The van der Waals surface area contributed by atoms with Crippen molar-refractivity contribution in [3.63, 3.8) is 0 Å². The number of hydrogen-bond donors (Lipinski definition) is 0. The molecule has 1 fully saturated rings. The van der Waals surface area contributed by atoms with Gasteiger partial charge in [0.2, 0.25) is 0 Å². The third-order valence-electron chi connectivity index (χ3n) is 4.98. The second-order valence-electron chi connectivity index (χ2n) is 6.71. The zero-order chi connectivity index (χ0) is 16.8. The minimum atomic E-state index is 0.492. The van der Waals surface area contributed by atoms with Crippen molar-refractivity contribution in [3.05, 3.63) is 59.7 Å². The molecule has 126 valence electrons. The van der Waals surface area contributed by atoms with Crippen LogP contribution in [0.5, 0.6) is 0 Å². The average Bonchev–Trinajstić information content (AvgIpc) is 2.64. The van der Waals surface area contributed by atoms with Crippen molar-refractivity contribution in [1.82, 2.24) is 9.97 Å². The molecule has 2 nitrogen and oxygen atoms in total. The van der Waals surface area contributed by atoms with Crippen LogP contribution in [0.2, 0.25) is 0 Å². The topological polar surface area (TPSA) is 25.8 Å². The van der Waals surface area contributed by atoms with E-state index >= 15 is 0 Å². The summed E-state index contributed by atoms with van der Waals surface area (Å²) >= 11 is 5.69. The van der Waals surface area contributed by atoms with Crippen LogP contribution in [-0.2, 0) is 6.42 Å². The summed E-state index contributed by atoms with van der Waals surface area (Å²) < 4.78 is 0. The maximum absolute atomic E-state index is 5.69. The van der Waals surface area contributed by atoms with Gasteiger partial charge in [-0.3, -0.25) is 0 Å². The molecule has 2 aromatic rings. The number of rotatable bonds is 5. The Morgan fingerprint density at radius 3 is 2.25 bits per heavy atom. The van der Waals surface area contributed by atoms with Gasteiger partial charge >= 0.3 is 0 Å². The quantitative estimate of drug-likeness (QED) is 0.655. The summed E-state index contributed by atoms with van der Waals surface area (Å²) in [6.07, 6.45) is 13.0. The van der Waals surface area contributed by atoms with Crippen LogP contribution in [0.25, 0.3) is 11.1 Å². The third kappa shape index (κ3) is 4.24. The molecule has 1 aromatic carbocycles. The van der Waals surface area contributed by atoms with Crippen molar-refractivity contribution in [2.45, 2.75) is 51.4 Å². The molecule has 1 aliphatic carbocycles. The fourth-order valence-corrected chi connectivity index (χ4v) is 3.73. The van der Waals surface area contributed by atoms with E-state index in [1.165, 1.54) is 30.4 Å². The Labute approximate surface area is 150 Å². The number of benzene rings is 1. The summed E-state index contributed by atoms with van der Waals surface area (Å²) in [5.74, 6) is 2.11. The molecular weight excluding hydrogens is 316 g/mol. The van der Waals surface area contributed by atoms with Crippen molar-refractivity contribution >= 4 is 11.6 Å². The summed E-state index contributed by atoms with van der Waals surface area (Å²) in [5.41, 5.74) is 5.33. The average molecular weight is 341 g/mol. The van der Waals surface area contributed by atoms with Crippen LogP contribution in [0.4, 0.5) is 0 Å². The molecule has 3 rings (SSSR count). The van der Waals surface area contributed by atoms with Gasteiger partial charge in [-0.15, -0.1) is 0 Å². The van der Waals surface area contributed by atoms with Crippen LogP contribution < -0.4 is 0 Å². The normalized spacial score (nSPS) is 21.2. The standard InChI is InChI=1S/C21H25ClN2/c1-2-3-16-4-8-18(9-5-16)20-14-23-21(24-15-20)19-10-6-17(7-11-19)12-13-22/h4-5,8-9,12-15,17,19H,2-3,6-7,10-11H2,1H3/b13-12+/t17-,19-. The lowest BCUT2D eigenvalue weighted by Gasteiger charge is -2.25. The molecular formula is C21H25ClN2. The molecule has 1 saturated carbocycles. The van der Waals surface area contributed by atoms with E-state index in [9.17, 15) is 0 Å². The first-order valence-electron chi connectivity index (χ1n) is 8.98. The predicted molar refractivity (Wildman–Crippen MR) is 101 cm³/mol. The smallest absolute Gasteiger partial charge is 0.131 e. The number of aromatic nitrogens is 2. The molecule has 0 N–H and O–H groups in total. The first kappa shape index (κ1) is 17.2. The van der Waals surface area contributed by atoms with E-state index in [0.717, 1.165) is 30.7 Å². The Hall–Kier alpha value is -1.67. The van der Waals surface area contributed by atoms with E-state index in [4.69, 9.17) is 11.6 Å².